The van der Waals surface area contributed by atoms with Gasteiger partial charge in [-0.1, -0.05) is 30.3 Å². The van der Waals surface area contributed by atoms with E-state index in [1.807, 2.05) is 4.90 Å². The van der Waals surface area contributed by atoms with Crippen LogP contribution in [0, 0.1) is 11.7 Å². The molecule has 6 nitrogen and oxygen atoms in total. The molecule has 1 amide bonds. The molecule has 1 saturated heterocycles. The lowest BCUT2D eigenvalue weighted by atomic mass is 9.97. The fourth-order valence-electron chi connectivity index (χ4n) is 4.53. The number of ether oxygens (including phenoxy) is 1. The van der Waals surface area contributed by atoms with Crippen molar-refractivity contribution in [2.24, 2.45) is 5.92 Å². The van der Waals surface area contributed by atoms with Crippen LogP contribution in [0.1, 0.15) is 52.0 Å². The van der Waals surface area contributed by atoms with Gasteiger partial charge < -0.3 is 9.64 Å². The predicted octanol–water partition coefficient (Wildman–Crippen LogP) is 5.92. The van der Waals surface area contributed by atoms with Crippen molar-refractivity contribution in [2.75, 3.05) is 19.7 Å². The molecule has 3 aromatic rings. The van der Waals surface area contributed by atoms with Crippen molar-refractivity contribution in [2.45, 2.75) is 45.6 Å². The van der Waals surface area contributed by atoms with Crippen molar-refractivity contribution in [3.05, 3.63) is 87.1 Å². The number of benzene rings is 2. The zero-order chi connectivity index (χ0) is 28.0. The van der Waals surface area contributed by atoms with Crippen LogP contribution in [0.4, 0.5) is 17.6 Å². The summed E-state index contributed by atoms with van der Waals surface area (Å²) < 4.78 is 58.2. The molecule has 208 valence electrons. The van der Waals surface area contributed by atoms with Crippen LogP contribution in [0.5, 0.6) is 0 Å². The Hall–Kier alpha value is -3.31. The molecular formula is C28H29F4N3O3S. The first kappa shape index (κ1) is 28.7. The smallest absolute Gasteiger partial charge is 0.416 e. The second-order valence-electron chi connectivity index (χ2n) is 9.41. The number of rotatable bonds is 9. The molecule has 1 aliphatic heterocycles. The molecule has 0 unspecified atom stereocenters. The number of aromatic nitrogens is 1. The Kier molecular flexibility index (Phi) is 9.34. The summed E-state index contributed by atoms with van der Waals surface area (Å²) in [6, 6.07) is 11.1. The highest BCUT2D eigenvalue weighted by atomic mass is 32.1. The first-order valence-electron chi connectivity index (χ1n) is 12.7. The first-order valence-corrected chi connectivity index (χ1v) is 13.5. The molecule has 1 aliphatic rings. The molecule has 0 saturated carbocycles. The second kappa shape index (κ2) is 12.7. The maximum atomic E-state index is 13.4. The van der Waals surface area contributed by atoms with Crippen LogP contribution in [0.3, 0.4) is 0 Å². The monoisotopic (exact) mass is 563 g/mol. The number of nitrogens with zero attached hydrogens (tertiary/aromatic N) is 3. The SMILES string of the molecule is CCOC(=O)C1CCN(C(=O)c2csc(CN(Cc3ccc(F)cc3)Cc3cccc(C(F)(F)F)c3)n2)CC1. The number of thiazole rings is 1. The molecule has 2 aromatic carbocycles. The van der Waals surface area contributed by atoms with Gasteiger partial charge in [-0.05, 0) is 49.1 Å². The zero-order valence-electron chi connectivity index (χ0n) is 21.4. The van der Waals surface area contributed by atoms with Gasteiger partial charge in [0.1, 0.15) is 16.5 Å². The standard InChI is InChI=1S/C28H29F4N3O3S/c1-2-38-27(37)21-10-12-35(13-11-21)26(36)24-18-39-25(33-24)17-34(15-19-6-8-23(29)9-7-19)16-20-4-3-5-22(14-20)28(30,31)32/h3-9,14,18,21H,2,10-13,15-17H2,1H3. The molecule has 0 bridgehead atoms. The van der Waals surface area contributed by atoms with Crippen molar-refractivity contribution >= 4 is 23.2 Å². The number of esters is 1. The van der Waals surface area contributed by atoms with E-state index in [9.17, 15) is 27.2 Å². The topological polar surface area (TPSA) is 62.7 Å². The van der Waals surface area contributed by atoms with Gasteiger partial charge in [-0.25, -0.2) is 9.37 Å². The van der Waals surface area contributed by atoms with Crippen LogP contribution in [0.15, 0.2) is 53.9 Å². The van der Waals surface area contributed by atoms with E-state index in [-0.39, 0.29) is 36.7 Å². The zero-order valence-corrected chi connectivity index (χ0v) is 22.2. The van der Waals surface area contributed by atoms with Gasteiger partial charge in [-0.2, -0.15) is 13.2 Å². The molecule has 39 heavy (non-hydrogen) atoms. The molecule has 4 rings (SSSR count). The van der Waals surface area contributed by atoms with Gasteiger partial charge in [0.15, 0.2) is 0 Å². The van der Waals surface area contributed by atoms with Crippen LogP contribution in [0.25, 0.3) is 0 Å². The molecule has 0 N–H and O–H groups in total. The van der Waals surface area contributed by atoms with Gasteiger partial charge in [0.05, 0.1) is 24.6 Å². The number of carbonyl (C=O) groups excluding carboxylic acids is 2. The largest absolute Gasteiger partial charge is 0.466 e. The van der Waals surface area contributed by atoms with E-state index in [0.717, 1.165) is 17.7 Å². The van der Waals surface area contributed by atoms with Gasteiger partial charge in [-0.15, -0.1) is 11.3 Å². The maximum absolute atomic E-state index is 13.4. The van der Waals surface area contributed by atoms with Crippen molar-refractivity contribution in [1.82, 2.24) is 14.8 Å². The lowest BCUT2D eigenvalue weighted by Crippen LogP contribution is -2.40. The van der Waals surface area contributed by atoms with Gasteiger partial charge >= 0.3 is 12.1 Å². The Balaban J connectivity index is 1.45. The van der Waals surface area contributed by atoms with Gasteiger partial charge in [0, 0.05) is 31.6 Å². The summed E-state index contributed by atoms with van der Waals surface area (Å²) in [6.07, 6.45) is -3.39. The van der Waals surface area contributed by atoms with Gasteiger partial charge in [-0.3, -0.25) is 14.5 Å². The molecule has 0 spiro atoms. The number of hydrogen-bond acceptors (Lipinski definition) is 6. The van der Waals surface area contributed by atoms with E-state index in [0.29, 0.717) is 55.3 Å². The molecule has 2 heterocycles. The van der Waals surface area contributed by atoms with Crippen molar-refractivity contribution in [3.8, 4) is 0 Å². The van der Waals surface area contributed by atoms with E-state index in [1.54, 1.807) is 35.4 Å². The highest BCUT2D eigenvalue weighted by molar-refractivity contribution is 7.09. The highest BCUT2D eigenvalue weighted by Crippen LogP contribution is 2.30. The fraction of sp³-hybridized carbons (Fsp3) is 0.393. The minimum atomic E-state index is -4.45. The maximum Gasteiger partial charge on any atom is 0.416 e. The average Bonchev–Trinajstić information content (AvgIpc) is 3.38. The van der Waals surface area contributed by atoms with Crippen LogP contribution >= 0.6 is 11.3 Å². The van der Waals surface area contributed by atoms with Crippen molar-refractivity contribution in [3.63, 3.8) is 0 Å². The Morgan fingerprint density at radius 1 is 1.05 bits per heavy atom. The summed E-state index contributed by atoms with van der Waals surface area (Å²) in [4.78, 5) is 33.1. The fourth-order valence-corrected chi connectivity index (χ4v) is 5.34. The van der Waals surface area contributed by atoms with Gasteiger partial charge in [0.25, 0.3) is 5.91 Å². The molecule has 1 aromatic heterocycles. The lowest BCUT2D eigenvalue weighted by Gasteiger charge is -2.30. The van der Waals surface area contributed by atoms with Crippen LogP contribution < -0.4 is 0 Å². The Morgan fingerprint density at radius 3 is 2.41 bits per heavy atom. The van der Waals surface area contributed by atoms with Crippen molar-refractivity contribution < 1.29 is 31.9 Å². The summed E-state index contributed by atoms with van der Waals surface area (Å²) in [7, 11) is 0. The summed E-state index contributed by atoms with van der Waals surface area (Å²) in [5.41, 5.74) is 0.839. The first-order chi connectivity index (χ1) is 18.6. The highest BCUT2D eigenvalue weighted by Gasteiger charge is 2.31. The third-order valence-corrected chi connectivity index (χ3v) is 7.35. The number of likely N-dealkylation sites (tertiary alicyclic amines) is 1. The molecule has 1 fully saturated rings. The predicted molar refractivity (Wildman–Crippen MR) is 138 cm³/mol. The van der Waals surface area contributed by atoms with E-state index < -0.39 is 11.7 Å². The minimum Gasteiger partial charge on any atom is -0.466 e. The number of amides is 1. The summed E-state index contributed by atoms with van der Waals surface area (Å²) >= 11 is 1.30. The van der Waals surface area contributed by atoms with E-state index in [4.69, 9.17) is 4.74 Å². The number of alkyl halides is 3. The Morgan fingerprint density at radius 2 is 1.74 bits per heavy atom. The van der Waals surface area contributed by atoms with Crippen molar-refractivity contribution in [1.29, 1.82) is 0 Å². The molecule has 0 radical (unpaired) electrons. The van der Waals surface area contributed by atoms with Crippen LogP contribution in [0.2, 0.25) is 0 Å². The molecular weight excluding hydrogens is 534 g/mol. The summed E-state index contributed by atoms with van der Waals surface area (Å²) in [5.74, 6) is -1.04. The molecule has 0 atom stereocenters. The van der Waals surface area contributed by atoms with Gasteiger partial charge in [0.2, 0.25) is 0 Å². The normalized spacial score (nSPS) is 14.6. The molecule has 0 aliphatic carbocycles. The Labute approximate surface area is 228 Å². The third kappa shape index (κ3) is 7.86. The number of hydrogen-bond donors (Lipinski definition) is 0. The van der Waals surface area contributed by atoms with E-state index >= 15 is 0 Å². The summed E-state index contributed by atoms with van der Waals surface area (Å²) in [5, 5.41) is 2.31. The number of carbonyl (C=O) groups is 2. The number of piperidine rings is 1. The van der Waals surface area contributed by atoms with E-state index in [2.05, 4.69) is 4.98 Å². The lowest BCUT2D eigenvalue weighted by molar-refractivity contribution is -0.149. The molecule has 11 heteroatoms. The second-order valence-corrected chi connectivity index (χ2v) is 10.4. The quantitative estimate of drug-likeness (QED) is 0.239. The van der Waals surface area contributed by atoms with Crippen LogP contribution in [-0.4, -0.2) is 46.4 Å². The van der Waals surface area contributed by atoms with Crippen LogP contribution in [-0.2, 0) is 35.3 Å². The third-order valence-electron chi connectivity index (χ3n) is 6.51. The summed E-state index contributed by atoms with van der Waals surface area (Å²) in [6.45, 7) is 3.79. The average molecular weight is 564 g/mol. The van der Waals surface area contributed by atoms with E-state index in [1.165, 1.54) is 29.5 Å². The number of halogens is 4. The minimum absolute atomic E-state index is 0.200. The Bertz CT molecular complexity index is 1270.